The van der Waals surface area contributed by atoms with E-state index >= 15 is 0 Å². The lowest BCUT2D eigenvalue weighted by molar-refractivity contribution is -0.138. The summed E-state index contributed by atoms with van der Waals surface area (Å²) in [6, 6.07) is 12.3. The van der Waals surface area contributed by atoms with E-state index in [1.807, 2.05) is 36.8 Å². The zero-order chi connectivity index (χ0) is 21.4. The normalized spacial score (nSPS) is 21.2. The van der Waals surface area contributed by atoms with E-state index in [-0.39, 0.29) is 23.3 Å². The molecule has 3 heterocycles. The van der Waals surface area contributed by atoms with Crippen LogP contribution in [0.2, 0.25) is 0 Å². The molecular weight excluding hydrogens is 388 g/mol. The second-order valence-corrected chi connectivity index (χ2v) is 8.83. The summed E-state index contributed by atoms with van der Waals surface area (Å²) in [6.45, 7) is 2.13. The number of aryl methyl sites for hydroxylation is 1. The summed E-state index contributed by atoms with van der Waals surface area (Å²) in [4.78, 5) is 32.4. The maximum Gasteiger partial charge on any atom is 0.250 e. The van der Waals surface area contributed by atoms with Crippen molar-refractivity contribution in [1.82, 2.24) is 19.8 Å². The van der Waals surface area contributed by atoms with Crippen LogP contribution < -0.4 is 10.9 Å². The van der Waals surface area contributed by atoms with E-state index in [1.165, 1.54) is 0 Å². The number of amides is 1. The van der Waals surface area contributed by atoms with Gasteiger partial charge < -0.3 is 14.8 Å². The molecule has 5 rings (SSSR count). The monoisotopic (exact) mass is 416 g/mol. The van der Waals surface area contributed by atoms with Crippen molar-refractivity contribution in [2.75, 3.05) is 13.1 Å². The molecule has 0 radical (unpaired) electrons. The van der Waals surface area contributed by atoms with E-state index in [0.717, 1.165) is 47.7 Å². The number of nitrogens with zero attached hydrogens (tertiary/aromatic N) is 3. The van der Waals surface area contributed by atoms with Crippen LogP contribution in [0.3, 0.4) is 0 Å². The van der Waals surface area contributed by atoms with Crippen molar-refractivity contribution in [3.05, 3.63) is 76.5 Å². The first-order chi connectivity index (χ1) is 15.1. The zero-order valence-electron chi connectivity index (χ0n) is 17.8. The van der Waals surface area contributed by atoms with Gasteiger partial charge in [0.25, 0.3) is 5.56 Å². The fourth-order valence-corrected chi connectivity index (χ4v) is 4.81. The molecule has 0 bridgehead atoms. The standard InChI is InChI=1S/C25H28N4O2/c1-28-12-9-17(13-24(28)30)22-8-11-27-15-23(22)25(31)29(20-5-6-20)16-19-4-2-3-18-14-26-10-7-21(18)19/h2-4,7,9-10,12-14,20,22-23,27H,5-6,8,11,15-16H2,1H3/t22-,23+/m0/s1. The molecule has 1 aliphatic carbocycles. The van der Waals surface area contributed by atoms with Gasteiger partial charge in [-0.25, -0.2) is 0 Å². The topological polar surface area (TPSA) is 67.2 Å². The van der Waals surface area contributed by atoms with Crippen LogP contribution in [0.5, 0.6) is 0 Å². The first kappa shape index (κ1) is 19.9. The minimum Gasteiger partial charge on any atom is -0.335 e. The highest BCUT2D eigenvalue weighted by atomic mass is 16.2. The van der Waals surface area contributed by atoms with Gasteiger partial charge in [0.1, 0.15) is 0 Å². The number of hydrogen-bond acceptors (Lipinski definition) is 4. The van der Waals surface area contributed by atoms with Gasteiger partial charge in [-0.15, -0.1) is 0 Å². The molecule has 1 amide bonds. The molecule has 160 valence electrons. The first-order valence-electron chi connectivity index (χ1n) is 11.1. The Kier molecular flexibility index (Phi) is 5.32. The quantitative estimate of drug-likeness (QED) is 0.695. The van der Waals surface area contributed by atoms with Crippen molar-refractivity contribution in [2.45, 2.75) is 37.8 Å². The van der Waals surface area contributed by atoms with Gasteiger partial charge in [0.15, 0.2) is 0 Å². The molecule has 6 nitrogen and oxygen atoms in total. The summed E-state index contributed by atoms with van der Waals surface area (Å²) in [5.74, 6) is 0.116. The predicted molar refractivity (Wildman–Crippen MR) is 121 cm³/mol. The van der Waals surface area contributed by atoms with Crippen LogP contribution in [0, 0.1) is 5.92 Å². The molecule has 1 saturated heterocycles. The molecule has 31 heavy (non-hydrogen) atoms. The SMILES string of the molecule is Cn1ccc([C@@H]2CCNC[C@H]2C(=O)N(Cc2cccc3cnccc23)C2CC2)cc1=O. The fourth-order valence-electron chi connectivity index (χ4n) is 4.81. The van der Waals surface area contributed by atoms with Crippen molar-refractivity contribution >= 4 is 16.7 Å². The lowest BCUT2D eigenvalue weighted by Crippen LogP contribution is -2.47. The van der Waals surface area contributed by atoms with Crippen LogP contribution in [0.25, 0.3) is 10.8 Å². The number of carbonyl (C=O) groups excluding carboxylic acids is 1. The number of fused-ring (bicyclic) bond motifs is 1. The average molecular weight is 417 g/mol. The Morgan fingerprint density at radius 3 is 2.90 bits per heavy atom. The van der Waals surface area contributed by atoms with E-state index in [0.29, 0.717) is 19.1 Å². The van der Waals surface area contributed by atoms with Crippen molar-refractivity contribution in [3.63, 3.8) is 0 Å². The van der Waals surface area contributed by atoms with E-state index < -0.39 is 0 Å². The largest absolute Gasteiger partial charge is 0.335 e. The Morgan fingerprint density at radius 1 is 1.23 bits per heavy atom. The molecule has 2 aromatic heterocycles. The highest BCUT2D eigenvalue weighted by Gasteiger charge is 2.40. The van der Waals surface area contributed by atoms with Gasteiger partial charge in [-0.05, 0) is 60.4 Å². The van der Waals surface area contributed by atoms with Gasteiger partial charge in [0, 0.05) is 56.2 Å². The molecule has 6 heteroatoms. The number of hydrogen-bond donors (Lipinski definition) is 1. The van der Waals surface area contributed by atoms with Gasteiger partial charge in [-0.1, -0.05) is 18.2 Å². The molecule has 1 saturated carbocycles. The summed E-state index contributed by atoms with van der Waals surface area (Å²) in [5.41, 5.74) is 2.12. The number of benzene rings is 1. The molecule has 1 aromatic carbocycles. The first-order valence-corrected chi connectivity index (χ1v) is 11.1. The maximum atomic E-state index is 13.8. The van der Waals surface area contributed by atoms with Crippen molar-refractivity contribution in [3.8, 4) is 0 Å². The summed E-state index contributed by atoms with van der Waals surface area (Å²) < 4.78 is 1.58. The van der Waals surface area contributed by atoms with E-state index in [2.05, 4.69) is 27.3 Å². The van der Waals surface area contributed by atoms with Crippen molar-refractivity contribution in [2.24, 2.45) is 13.0 Å². The van der Waals surface area contributed by atoms with Gasteiger partial charge in [-0.2, -0.15) is 0 Å². The third-order valence-corrected chi connectivity index (χ3v) is 6.74. The van der Waals surface area contributed by atoms with Crippen LogP contribution in [-0.4, -0.2) is 39.5 Å². The molecule has 1 N–H and O–H groups in total. The second kappa shape index (κ2) is 8.27. The summed E-state index contributed by atoms with van der Waals surface area (Å²) in [5, 5.41) is 5.66. The number of carbonyl (C=O) groups is 1. The molecule has 2 atom stereocenters. The van der Waals surface area contributed by atoms with E-state index in [1.54, 1.807) is 17.7 Å². The minimum atomic E-state index is -0.155. The molecule has 3 aromatic rings. The molecule has 2 fully saturated rings. The number of nitrogens with one attached hydrogen (secondary N) is 1. The predicted octanol–water partition coefficient (Wildman–Crippen LogP) is 2.82. The summed E-state index contributed by atoms with van der Waals surface area (Å²) in [7, 11) is 1.76. The molecular formula is C25H28N4O2. The highest BCUT2D eigenvalue weighted by molar-refractivity contribution is 5.86. The molecule has 0 spiro atoms. The Labute approximate surface area is 181 Å². The van der Waals surface area contributed by atoms with Gasteiger partial charge in [0.05, 0.1) is 5.92 Å². The van der Waals surface area contributed by atoms with Crippen molar-refractivity contribution < 1.29 is 4.79 Å². The summed E-state index contributed by atoms with van der Waals surface area (Å²) in [6.07, 6.45) is 8.49. The Bertz CT molecular complexity index is 1160. The van der Waals surface area contributed by atoms with E-state index in [4.69, 9.17) is 0 Å². The number of piperidine rings is 1. The van der Waals surface area contributed by atoms with Gasteiger partial charge in [0.2, 0.25) is 5.91 Å². The fraction of sp³-hybridized carbons (Fsp3) is 0.400. The number of aromatic nitrogens is 2. The van der Waals surface area contributed by atoms with Crippen LogP contribution in [0.4, 0.5) is 0 Å². The van der Waals surface area contributed by atoms with Crippen LogP contribution in [0.1, 0.15) is 36.3 Å². The Hall–Kier alpha value is -2.99. The lowest BCUT2D eigenvalue weighted by Gasteiger charge is -2.36. The maximum absolute atomic E-state index is 13.8. The van der Waals surface area contributed by atoms with Crippen LogP contribution >= 0.6 is 0 Å². The second-order valence-electron chi connectivity index (χ2n) is 8.83. The third-order valence-electron chi connectivity index (χ3n) is 6.74. The smallest absolute Gasteiger partial charge is 0.250 e. The van der Waals surface area contributed by atoms with Gasteiger partial charge >= 0.3 is 0 Å². The average Bonchev–Trinajstić information content (AvgIpc) is 3.64. The Balaban J connectivity index is 1.45. The number of rotatable bonds is 5. The summed E-state index contributed by atoms with van der Waals surface area (Å²) >= 11 is 0. The molecule has 0 unspecified atom stereocenters. The molecule has 1 aliphatic heterocycles. The highest BCUT2D eigenvalue weighted by Crippen LogP contribution is 2.36. The van der Waals surface area contributed by atoms with Crippen molar-refractivity contribution in [1.29, 1.82) is 0 Å². The Morgan fingerprint density at radius 2 is 2.10 bits per heavy atom. The number of pyridine rings is 2. The van der Waals surface area contributed by atoms with Crippen LogP contribution in [-0.2, 0) is 18.4 Å². The minimum absolute atomic E-state index is 0.0226. The van der Waals surface area contributed by atoms with Gasteiger partial charge in [-0.3, -0.25) is 14.6 Å². The molecule has 2 aliphatic rings. The zero-order valence-corrected chi connectivity index (χ0v) is 17.8. The third kappa shape index (κ3) is 4.00. The van der Waals surface area contributed by atoms with E-state index in [9.17, 15) is 9.59 Å². The van der Waals surface area contributed by atoms with Crippen LogP contribution in [0.15, 0.2) is 59.8 Å². The lowest BCUT2D eigenvalue weighted by atomic mass is 9.80.